The molecule has 110 valence electrons. The lowest BCUT2D eigenvalue weighted by Gasteiger charge is -2.26. The Morgan fingerprint density at radius 3 is 2.65 bits per heavy atom. The highest BCUT2D eigenvalue weighted by Crippen LogP contribution is 2.15. The first-order chi connectivity index (χ1) is 9.49. The van der Waals surface area contributed by atoms with Crippen LogP contribution in [-0.4, -0.2) is 54.9 Å². The average molecular weight is 282 g/mol. The molecular weight excluding hydrogens is 262 g/mol. The molecule has 20 heavy (non-hydrogen) atoms. The quantitative estimate of drug-likeness (QED) is 0.794. The van der Waals surface area contributed by atoms with Crippen molar-refractivity contribution in [3.05, 3.63) is 35.4 Å². The Hall–Kier alpha value is -1.33. The van der Waals surface area contributed by atoms with E-state index in [0.29, 0.717) is 0 Å². The Labute approximate surface area is 118 Å². The van der Waals surface area contributed by atoms with Gasteiger partial charge in [0.05, 0.1) is 11.6 Å². The van der Waals surface area contributed by atoms with Crippen molar-refractivity contribution in [2.75, 3.05) is 33.2 Å². The van der Waals surface area contributed by atoms with E-state index in [4.69, 9.17) is 0 Å². The average Bonchev–Trinajstić information content (AvgIpc) is 2.62. The van der Waals surface area contributed by atoms with E-state index < -0.39 is 11.6 Å². The van der Waals surface area contributed by atoms with Gasteiger partial charge in [0.15, 0.2) is 5.78 Å². The maximum atomic E-state index is 13.7. The summed E-state index contributed by atoms with van der Waals surface area (Å²) in [6, 6.07) is 2.73. The minimum Gasteiger partial charge on any atom is -0.305 e. The van der Waals surface area contributed by atoms with Gasteiger partial charge in [0.2, 0.25) is 0 Å². The van der Waals surface area contributed by atoms with Crippen LogP contribution in [0.25, 0.3) is 0 Å². The fourth-order valence-electron chi connectivity index (χ4n) is 2.53. The number of carbonyl (C=O) groups excluding carboxylic acids is 1. The Kier molecular flexibility index (Phi) is 4.83. The van der Waals surface area contributed by atoms with Crippen LogP contribution in [0.2, 0.25) is 0 Å². The normalized spacial score (nSPS) is 19.6. The maximum absolute atomic E-state index is 13.7. The van der Waals surface area contributed by atoms with Crippen LogP contribution < -0.4 is 0 Å². The monoisotopic (exact) mass is 282 g/mol. The summed E-state index contributed by atoms with van der Waals surface area (Å²) in [6.45, 7) is 5.29. The molecule has 0 aromatic heterocycles. The van der Waals surface area contributed by atoms with Gasteiger partial charge >= 0.3 is 0 Å². The van der Waals surface area contributed by atoms with Crippen LogP contribution >= 0.6 is 0 Å². The summed E-state index contributed by atoms with van der Waals surface area (Å²) in [5.41, 5.74) is -0.0310. The molecule has 1 aliphatic rings. The summed E-state index contributed by atoms with van der Waals surface area (Å²) >= 11 is 0. The van der Waals surface area contributed by atoms with Crippen LogP contribution in [-0.2, 0) is 0 Å². The molecule has 1 aliphatic heterocycles. The molecule has 1 unspecified atom stereocenters. The molecule has 0 saturated carbocycles. The molecule has 1 fully saturated rings. The number of rotatable bonds is 3. The zero-order chi connectivity index (χ0) is 14.7. The first-order valence-corrected chi connectivity index (χ1v) is 6.91. The van der Waals surface area contributed by atoms with Gasteiger partial charge in [-0.25, -0.2) is 8.78 Å². The Morgan fingerprint density at radius 2 is 1.95 bits per heavy atom. The SMILES string of the molecule is CC(C(=O)c1ccc(F)cc1F)N1CCCN(C)CC1. The number of hydrogen-bond acceptors (Lipinski definition) is 3. The first-order valence-electron chi connectivity index (χ1n) is 6.91. The van der Waals surface area contributed by atoms with Crippen molar-refractivity contribution in [1.82, 2.24) is 9.80 Å². The van der Waals surface area contributed by atoms with E-state index in [1.165, 1.54) is 6.07 Å². The smallest absolute Gasteiger partial charge is 0.182 e. The molecule has 0 amide bonds. The molecule has 1 heterocycles. The van der Waals surface area contributed by atoms with Crippen LogP contribution in [0.4, 0.5) is 8.78 Å². The fraction of sp³-hybridized carbons (Fsp3) is 0.533. The molecule has 1 aromatic rings. The van der Waals surface area contributed by atoms with Crippen molar-refractivity contribution < 1.29 is 13.6 Å². The van der Waals surface area contributed by atoms with E-state index >= 15 is 0 Å². The lowest BCUT2D eigenvalue weighted by molar-refractivity contribution is 0.0839. The minimum absolute atomic E-state index is 0.0310. The second kappa shape index (κ2) is 6.41. The molecule has 1 atom stereocenters. The van der Waals surface area contributed by atoms with Crippen LogP contribution in [0, 0.1) is 11.6 Å². The lowest BCUT2D eigenvalue weighted by Crippen LogP contribution is -2.41. The molecule has 0 N–H and O–H groups in total. The highest BCUT2D eigenvalue weighted by atomic mass is 19.1. The summed E-state index contributed by atoms with van der Waals surface area (Å²) in [7, 11) is 2.05. The van der Waals surface area contributed by atoms with E-state index in [1.54, 1.807) is 6.92 Å². The molecule has 3 nitrogen and oxygen atoms in total. The maximum Gasteiger partial charge on any atom is 0.182 e. The third-order valence-electron chi connectivity index (χ3n) is 3.88. The molecule has 1 saturated heterocycles. The number of ketones is 1. The standard InChI is InChI=1S/C15H20F2N2O/c1-11(19-7-3-6-18(2)8-9-19)15(20)13-5-4-12(16)10-14(13)17/h4-5,10-11H,3,6-9H2,1-2H3. The largest absolute Gasteiger partial charge is 0.305 e. The van der Waals surface area contributed by atoms with Gasteiger partial charge in [-0.05, 0) is 39.1 Å². The third kappa shape index (κ3) is 3.41. The van der Waals surface area contributed by atoms with Gasteiger partial charge in [-0.15, -0.1) is 0 Å². The van der Waals surface area contributed by atoms with Gasteiger partial charge < -0.3 is 4.90 Å². The number of likely N-dealkylation sites (N-methyl/N-ethyl adjacent to an activating group) is 1. The van der Waals surface area contributed by atoms with Gasteiger partial charge in [-0.3, -0.25) is 9.69 Å². The van der Waals surface area contributed by atoms with E-state index in [-0.39, 0.29) is 17.4 Å². The molecule has 0 radical (unpaired) electrons. The van der Waals surface area contributed by atoms with Crippen molar-refractivity contribution in [2.45, 2.75) is 19.4 Å². The van der Waals surface area contributed by atoms with E-state index in [9.17, 15) is 13.6 Å². The van der Waals surface area contributed by atoms with Crippen LogP contribution in [0.1, 0.15) is 23.7 Å². The fourth-order valence-corrected chi connectivity index (χ4v) is 2.53. The van der Waals surface area contributed by atoms with Crippen molar-refractivity contribution in [3.8, 4) is 0 Å². The zero-order valence-corrected chi connectivity index (χ0v) is 11.9. The van der Waals surface area contributed by atoms with Gasteiger partial charge in [-0.1, -0.05) is 0 Å². The number of halogens is 2. The summed E-state index contributed by atoms with van der Waals surface area (Å²) < 4.78 is 26.6. The van der Waals surface area contributed by atoms with Gasteiger partial charge in [0, 0.05) is 25.7 Å². The van der Waals surface area contributed by atoms with E-state index in [2.05, 4.69) is 16.8 Å². The second-order valence-electron chi connectivity index (χ2n) is 5.36. The molecule has 1 aromatic carbocycles. The third-order valence-corrected chi connectivity index (χ3v) is 3.88. The van der Waals surface area contributed by atoms with Crippen LogP contribution in [0.3, 0.4) is 0 Å². The lowest BCUT2D eigenvalue weighted by atomic mass is 10.0. The summed E-state index contributed by atoms with van der Waals surface area (Å²) in [6.07, 6.45) is 0.986. The predicted octanol–water partition coefficient (Wildman–Crippen LogP) is 2.17. The number of nitrogens with zero attached hydrogens (tertiary/aromatic N) is 2. The van der Waals surface area contributed by atoms with Crippen LogP contribution in [0.5, 0.6) is 0 Å². The summed E-state index contributed by atoms with van der Waals surface area (Å²) in [5, 5.41) is 0. The summed E-state index contributed by atoms with van der Waals surface area (Å²) in [5.74, 6) is -1.73. The van der Waals surface area contributed by atoms with Crippen molar-refractivity contribution in [3.63, 3.8) is 0 Å². The van der Waals surface area contributed by atoms with E-state index in [0.717, 1.165) is 44.7 Å². The van der Waals surface area contributed by atoms with Crippen molar-refractivity contribution >= 4 is 5.78 Å². The molecule has 0 spiro atoms. The number of Topliss-reactive ketones (excluding diaryl/α,β-unsaturated/α-hetero) is 1. The van der Waals surface area contributed by atoms with Gasteiger partial charge in [0.1, 0.15) is 11.6 Å². The predicted molar refractivity (Wildman–Crippen MR) is 73.8 cm³/mol. The summed E-state index contributed by atoms with van der Waals surface area (Å²) in [4.78, 5) is 16.6. The molecule has 0 bridgehead atoms. The first kappa shape index (κ1) is 15.1. The Morgan fingerprint density at radius 1 is 1.20 bits per heavy atom. The highest BCUT2D eigenvalue weighted by molar-refractivity contribution is 6.00. The van der Waals surface area contributed by atoms with Gasteiger partial charge in [0.25, 0.3) is 0 Å². The molecule has 5 heteroatoms. The highest BCUT2D eigenvalue weighted by Gasteiger charge is 2.26. The second-order valence-corrected chi connectivity index (χ2v) is 5.36. The van der Waals surface area contributed by atoms with Crippen molar-refractivity contribution in [1.29, 1.82) is 0 Å². The number of benzene rings is 1. The van der Waals surface area contributed by atoms with Crippen molar-refractivity contribution in [2.24, 2.45) is 0 Å². The van der Waals surface area contributed by atoms with Crippen LogP contribution in [0.15, 0.2) is 18.2 Å². The number of carbonyl (C=O) groups is 1. The van der Waals surface area contributed by atoms with E-state index in [1.807, 2.05) is 0 Å². The Balaban J connectivity index is 2.11. The topological polar surface area (TPSA) is 23.6 Å². The number of hydrogen-bond donors (Lipinski definition) is 0. The Bertz CT molecular complexity index is 493. The molecule has 2 rings (SSSR count). The molecule has 0 aliphatic carbocycles. The minimum atomic E-state index is -0.784. The zero-order valence-electron chi connectivity index (χ0n) is 11.9. The van der Waals surface area contributed by atoms with Gasteiger partial charge in [-0.2, -0.15) is 0 Å². The molecular formula is C15H20F2N2O.